The number of piperazine rings is 1. The first kappa shape index (κ1) is 15.6. The van der Waals surface area contributed by atoms with Crippen LogP contribution in [0.3, 0.4) is 0 Å². The number of nitrogens with one attached hydrogen (secondary N) is 1. The van der Waals surface area contributed by atoms with Crippen LogP contribution in [0, 0.1) is 0 Å². The number of hydrogen-bond acceptors (Lipinski definition) is 4. The average Bonchev–Trinajstić information content (AvgIpc) is 2.46. The molecular formula is C13H17F3N4O. The van der Waals surface area contributed by atoms with Crippen molar-refractivity contribution in [3.8, 4) is 0 Å². The maximum atomic E-state index is 12.3. The van der Waals surface area contributed by atoms with E-state index in [2.05, 4.69) is 10.3 Å². The number of carbonyl (C=O) groups excluding carboxylic acids is 1. The van der Waals surface area contributed by atoms with Crippen LogP contribution >= 0.6 is 0 Å². The van der Waals surface area contributed by atoms with Crippen molar-refractivity contribution < 1.29 is 18.0 Å². The lowest BCUT2D eigenvalue weighted by molar-refractivity contribution is -0.148. The fraction of sp³-hybridized carbons (Fsp3) is 0.538. The second-order valence-electron chi connectivity index (χ2n) is 4.87. The Morgan fingerprint density at radius 2 is 1.95 bits per heavy atom. The molecule has 1 saturated heterocycles. The molecule has 0 aromatic carbocycles. The Kier molecular flexibility index (Phi) is 4.66. The van der Waals surface area contributed by atoms with Gasteiger partial charge in [0.1, 0.15) is 5.82 Å². The summed E-state index contributed by atoms with van der Waals surface area (Å²) in [4.78, 5) is 19.1. The molecule has 0 saturated carbocycles. The molecule has 8 heteroatoms. The minimum Gasteiger partial charge on any atom is -0.373 e. The third-order valence-electron chi connectivity index (χ3n) is 3.33. The largest absolute Gasteiger partial charge is 0.401 e. The number of anilines is 1. The van der Waals surface area contributed by atoms with Crippen molar-refractivity contribution in [2.75, 3.05) is 45.1 Å². The summed E-state index contributed by atoms with van der Waals surface area (Å²) >= 11 is 0. The molecule has 0 spiro atoms. The monoisotopic (exact) mass is 302 g/mol. The number of nitrogens with zero attached hydrogens (tertiary/aromatic N) is 3. The molecular weight excluding hydrogens is 285 g/mol. The Labute approximate surface area is 120 Å². The first-order chi connectivity index (χ1) is 9.89. The number of rotatable bonds is 3. The van der Waals surface area contributed by atoms with Crippen molar-refractivity contribution in [1.29, 1.82) is 0 Å². The smallest absolute Gasteiger partial charge is 0.373 e. The van der Waals surface area contributed by atoms with Crippen LogP contribution in [0.5, 0.6) is 0 Å². The number of halogens is 3. The van der Waals surface area contributed by atoms with E-state index < -0.39 is 12.7 Å². The summed E-state index contributed by atoms with van der Waals surface area (Å²) in [5.74, 6) is 0.457. The molecule has 2 rings (SSSR count). The Hall–Kier alpha value is -1.83. The van der Waals surface area contributed by atoms with E-state index in [0.29, 0.717) is 24.5 Å². The van der Waals surface area contributed by atoms with E-state index in [-0.39, 0.29) is 19.0 Å². The van der Waals surface area contributed by atoms with Crippen molar-refractivity contribution >= 4 is 11.7 Å². The van der Waals surface area contributed by atoms with Crippen LogP contribution in [0.25, 0.3) is 0 Å². The van der Waals surface area contributed by atoms with Gasteiger partial charge in [0.15, 0.2) is 0 Å². The Morgan fingerprint density at radius 3 is 2.43 bits per heavy atom. The molecule has 0 aliphatic carbocycles. The maximum Gasteiger partial charge on any atom is 0.401 e. The van der Waals surface area contributed by atoms with Crippen LogP contribution in [-0.4, -0.2) is 66.6 Å². The number of amides is 1. The van der Waals surface area contributed by atoms with Gasteiger partial charge in [-0.1, -0.05) is 0 Å². The zero-order valence-electron chi connectivity index (χ0n) is 11.7. The summed E-state index contributed by atoms with van der Waals surface area (Å²) in [5, 5.41) is 2.85. The van der Waals surface area contributed by atoms with Gasteiger partial charge in [-0.2, -0.15) is 13.2 Å². The van der Waals surface area contributed by atoms with E-state index in [1.165, 1.54) is 11.1 Å². The van der Waals surface area contributed by atoms with Crippen LogP contribution in [-0.2, 0) is 0 Å². The number of hydrogen-bond donors (Lipinski definition) is 1. The van der Waals surface area contributed by atoms with Crippen LogP contribution in [0.4, 0.5) is 19.0 Å². The lowest BCUT2D eigenvalue weighted by atomic mass is 10.2. The van der Waals surface area contributed by atoms with Crippen LogP contribution in [0.15, 0.2) is 18.3 Å². The molecule has 1 N–H and O–H groups in total. The molecule has 0 bridgehead atoms. The summed E-state index contributed by atoms with van der Waals surface area (Å²) in [6.07, 6.45) is -2.73. The van der Waals surface area contributed by atoms with Gasteiger partial charge in [-0.15, -0.1) is 0 Å². The van der Waals surface area contributed by atoms with Crippen LogP contribution in [0.2, 0.25) is 0 Å². The van der Waals surface area contributed by atoms with Gasteiger partial charge in [0.25, 0.3) is 5.91 Å². The summed E-state index contributed by atoms with van der Waals surface area (Å²) in [6.45, 7) is 0.124. The highest BCUT2D eigenvalue weighted by molar-refractivity contribution is 5.94. The average molecular weight is 302 g/mol. The first-order valence-electron chi connectivity index (χ1n) is 6.61. The molecule has 2 heterocycles. The van der Waals surface area contributed by atoms with Gasteiger partial charge in [0, 0.05) is 39.4 Å². The Morgan fingerprint density at radius 1 is 1.29 bits per heavy atom. The zero-order valence-corrected chi connectivity index (χ0v) is 11.7. The lowest BCUT2D eigenvalue weighted by Crippen LogP contribution is -2.50. The highest BCUT2D eigenvalue weighted by Gasteiger charge is 2.32. The van der Waals surface area contributed by atoms with Gasteiger partial charge >= 0.3 is 6.18 Å². The SMILES string of the molecule is CNc1ccc(C(=O)N2CCN(CC(F)(F)F)CC2)cn1. The number of carbonyl (C=O) groups is 1. The predicted octanol–water partition coefficient (Wildman–Crippen LogP) is 1.44. The number of pyridine rings is 1. The fourth-order valence-electron chi connectivity index (χ4n) is 2.21. The van der Waals surface area contributed by atoms with Crippen molar-refractivity contribution in [1.82, 2.24) is 14.8 Å². The minimum absolute atomic E-state index is 0.197. The molecule has 1 aromatic rings. The summed E-state index contributed by atoms with van der Waals surface area (Å²) < 4.78 is 36.9. The van der Waals surface area contributed by atoms with Gasteiger partial charge in [0.05, 0.1) is 12.1 Å². The van der Waals surface area contributed by atoms with Gasteiger partial charge < -0.3 is 10.2 Å². The molecule has 1 amide bonds. The molecule has 1 fully saturated rings. The van der Waals surface area contributed by atoms with E-state index in [1.807, 2.05) is 0 Å². The molecule has 21 heavy (non-hydrogen) atoms. The topological polar surface area (TPSA) is 48.5 Å². The van der Waals surface area contributed by atoms with Crippen molar-refractivity contribution in [3.63, 3.8) is 0 Å². The zero-order chi connectivity index (χ0) is 15.5. The van der Waals surface area contributed by atoms with Crippen LogP contribution < -0.4 is 5.32 Å². The van der Waals surface area contributed by atoms with Gasteiger partial charge in [-0.25, -0.2) is 4.98 Å². The summed E-state index contributed by atoms with van der Waals surface area (Å²) in [7, 11) is 1.73. The predicted molar refractivity (Wildman–Crippen MR) is 72.2 cm³/mol. The van der Waals surface area contributed by atoms with Crippen molar-refractivity contribution in [3.05, 3.63) is 23.9 Å². The second-order valence-corrected chi connectivity index (χ2v) is 4.87. The molecule has 1 aliphatic heterocycles. The molecule has 1 aromatic heterocycles. The van der Waals surface area contributed by atoms with Crippen LogP contribution in [0.1, 0.15) is 10.4 Å². The number of aromatic nitrogens is 1. The minimum atomic E-state index is -4.20. The quantitative estimate of drug-likeness (QED) is 0.918. The Bertz CT molecular complexity index is 481. The second kappa shape index (κ2) is 6.30. The van der Waals surface area contributed by atoms with Gasteiger partial charge in [0.2, 0.25) is 0 Å². The lowest BCUT2D eigenvalue weighted by Gasteiger charge is -2.35. The van der Waals surface area contributed by atoms with E-state index in [9.17, 15) is 18.0 Å². The third-order valence-corrected chi connectivity index (χ3v) is 3.33. The first-order valence-corrected chi connectivity index (χ1v) is 6.61. The van der Waals surface area contributed by atoms with Gasteiger partial charge in [-0.3, -0.25) is 9.69 Å². The maximum absolute atomic E-state index is 12.3. The molecule has 5 nitrogen and oxygen atoms in total. The molecule has 116 valence electrons. The highest BCUT2D eigenvalue weighted by Crippen LogP contribution is 2.18. The van der Waals surface area contributed by atoms with Crippen molar-refractivity contribution in [2.24, 2.45) is 0 Å². The third kappa shape index (κ3) is 4.32. The molecule has 0 radical (unpaired) electrons. The van der Waals surface area contributed by atoms with E-state index in [4.69, 9.17) is 0 Å². The van der Waals surface area contributed by atoms with Crippen molar-refractivity contribution in [2.45, 2.75) is 6.18 Å². The molecule has 0 atom stereocenters. The van der Waals surface area contributed by atoms with Gasteiger partial charge in [-0.05, 0) is 12.1 Å². The fourth-order valence-corrected chi connectivity index (χ4v) is 2.21. The highest BCUT2D eigenvalue weighted by atomic mass is 19.4. The Balaban J connectivity index is 1.90. The van der Waals surface area contributed by atoms with E-state index >= 15 is 0 Å². The van der Waals surface area contributed by atoms with E-state index in [1.54, 1.807) is 24.1 Å². The normalized spacial score (nSPS) is 16.9. The van der Waals surface area contributed by atoms with E-state index in [0.717, 1.165) is 0 Å². The molecule has 1 aliphatic rings. The number of alkyl halides is 3. The summed E-state index contributed by atoms with van der Waals surface area (Å²) in [6, 6.07) is 3.34. The standard InChI is InChI=1S/C13H17F3N4O/c1-17-11-3-2-10(8-18-11)12(21)20-6-4-19(5-7-20)9-13(14,15)16/h2-3,8H,4-7,9H2,1H3,(H,17,18). The molecule has 0 unspecified atom stereocenters. The summed E-state index contributed by atoms with van der Waals surface area (Å²) in [5.41, 5.74) is 0.443.